The molecule has 0 bridgehead atoms. The van der Waals surface area contributed by atoms with Crippen molar-refractivity contribution >= 4 is 5.91 Å². The maximum absolute atomic E-state index is 13.9. The van der Waals surface area contributed by atoms with E-state index >= 15 is 0 Å². The number of nitrogens with zero attached hydrogens (tertiary/aromatic N) is 1. The van der Waals surface area contributed by atoms with Crippen LogP contribution in [0.2, 0.25) is 0 Å². The molecule has 0 saturated heterocycles. The van der Waals surface area contributed by atoms with Gasteiger partial charge in [-0.25, -0.2) is 4.39 Å². The molecule has 26 heavy (non-hydrogen) atoms. The number of rotatable bonds is 5. The fourth-order valence-electron chi connectivity index (χ4n) is 2.43. The molecule has 3 aromatic rings. The molecule has 1 atom stereocenters. The Hall–Kier alpha value is -3.65. The van der Waals surface area contributed by atoms with Gasteiger partial charge in [0.25, 0.3) is 5.91 Å². The number of ether oxygens (including phenoxy) is 1. The largest absolute Gasteiger partial charge is 0.457 e. The van der Waals surface area contributed by atoms with E-state index in [-0.39, 0.29) is 5.56 Å². The van der Waals surface area contributed by atoms with Crippen molar-refractivity contribution in [3.63, 3.8) is 0 Å². The van der Waals surface area contributed by atoms with Crippen molar-refractivity contribution in [3.8, 4) is 17.6 Å². The highest BCUT2D eigenvalue weighted by Crippen LogP contribution is 2.22. The Morgan fingerprint density at radius 3 is 2.38 bits per heavy atom. The minimum atomic E-state index is -1.08. The minimum absolute atomic E-state index is 0.125. The van der Waals surface area contributed by atoms with Crippen LogP contribution in [-0.2, 0) is 0 Å². The van der Waals surface area contributed by atoms with Crippen molar-refractivity contribution in [3.05, 3.63) is 95.8 Å². The first-order chi connectivity index (χ1) is 12.7. The third kappa shape index (κ3) is 4.05. The molecule has 128 valence electrons. The summed E-state index contributed by atoms with van der Waals surface area (Å²) in [6, 6.07) is 22.4. The van der Waals surface area contributed by atoms with Gasteiger partial charge in [0, 0.05) is 11.1 Å². The summed E-state index contributed by atoms with van der Waals surface area (Å²) in [5.41, 5.74) is 0.440. The van der Waals surface area contributed by atoms with E-state index in [0.717, 1.165) is 0 Å². The molecule has 1 amide bonds. The van der Waals surface area contributed by atoms with Crippen LogP contribution in [0.3, 0.4) is 0 Å². The minimum Gasteiger partial charge on any atom is -0.457 e. The monoisotopic (exact) mass is 346 g/mol. The number of nitrogens with one attached hydrogen (secondary N) is 1. The maximum atomic E-state index is 13.9. The number of halogens is 1. The van der Waals surface area contributed by atoms with Crippen molar-refractivity contribution < 1.29 is 13.9 Å². The van der Waals surface area contributed by atoms with Gasteiger partial charge in [0.2, 0.25) is 0 Å². The van der Waals surface area contributed by atoms with Gasteiger partial charge >= 0.3 is 0 Å². The lowest BCUT2D eigenvalue weighted by Crippen LogP contribution is -2.28. The first kappa shape index (κ1) is 17.2. The molecule has 0 aliphatic carbocycles. The maximum Gasteiger partial charge on any atom is 0.252 e. The topological polar surface area (TPSA) is 62.1 Å². The molecule has 0 aromatic heterocycles. The van der Waals surface area contributed by atoms with Gasteiger partial charge in [0.1, 0.15) is 23.4 Å². The molecule has 5 heteroatoms. The first-order valence-electron chi connectivity index (χ1n) is 7.95. The molecule has 0 radical (unpaired) electrons. The Morgan fingerprint density at radius 1 is 0.962 bits per heavy atom. The fourth-order valence-corrected chi connectivity index (χ4v) is 2.43. The van der Waals surface area contributed by atoms with Crippen LogP contribution in [0.4, 0.5) is 4.39 Å². The van der Waals surface area contributed by atoms with Crippen LogP contribution in [0.15, 0.2) is 78.9 Å². The van der Waals surface area contributed by atoms with E-state index in [4.69, 9.17) is 4.74 Å². The Morgan fingerprint density at radius 2 is 1.65 bits per heavy atom. The van der Waals surface area contributed by atoms with Crippen LogP contribution in [-0.4, -0.2) is 5.91 Å². The average molecular weight is 346 g/mol. The van der Waals surface area contributed by atoms with Gasteiger partial charge in [-0.15, -0.1) is 0 Å². The van der Waals surface area contributed by atoms with E-state index in [0.29, 0.717) is 17.1 Å². The van der Waals surface area contributed by atoms with Crippen LogP contribution < -0.4 is 10.1 Å². The summed E-state index contributed by atoms with van der Waals surface area (Å²) in [6.07, 6.45) is 0. The van der Waals surface area contributed by atoms with Gasteiger partial charge in [-0.3, -0.25) is 4.79 Å². The van der Waals surface area contributed by atoms with Crippen LogP contribution in [0.1, 0.15) is 22.0 Å². The average Bonchev–Trinajstić information content (AvgIpc) is 2.67. The van der Waals surface area contributed by atoms with E-state index in [1.165, 1.54) is 18.2 Å². The molecule has 0 heterocycles. The number of benzene rings is 3. The van der Waals surface area contributed by atoms with E-state index in [1.54, 1.807) is 42.5 Å². The third-order valence-corrected chi connectivity index (χ3v) is 3.70. The van der Waals surface area contributed by atoms with E-state index in [1.807, 2.05) is 24.3 Å². The number of para-hydroxylation sites is 1. The number of amides is 1. The van der Waals surface area contributed by atoms with Gasteiger partial charge in [-0.05, 0) is 36.4 Å². The van der Waals surface area contributed by atoms with Crippen molar-refractivity contribution in [2.45, 2.75) is 6.04 Å². The predicted octanol–water partition coefficient (Wildman–Crippen LogP) is 4.61. The van der Waals surface area contributed by atoms with Gasteiger partial charge < -0.3 is 10.1 Å². The third-order valence-electron chi connectivity index (χ3n) is 3.70. The van der Waals surface area contributed by atoms with E-state index < -0.39 is 17.8 Å². The van der Waals surface area contributed by atoms with Gasteiger partial charge in [0.15, 0.2) is 0 Å². The van der Waals surface area contributed by atoms with Crippen molar-refractivity contribution in [1.29, 1.82) is 5.26 Å². The number of carbonyl (C=O) groups excluding carboxylic acids is 1. The number of hydrogen-bond acceptors (Lipinski definition) is 3. The quantitative estimate of drug-likeness (QED) is 0.734. The van der Waals surface area contributed by atoms with Crippen molar-refractivity contribution in [1.82, 2.24) is 5.32 Å². The molecule has 0 fully saturated rings. The van der Waals surface area contributed by atoms with Crippen molar-refractivity contribution in [2.75, 3.05) is 0 Å². The highest BCUT2D eigenvalue weighted by Gasteiger charge is 2.18. The summed E-state index contributed by atoms with van der Waals surface area (Å²) in [5.74, 6) is 0.105. The zero-order valence-electron chi connectivity index (χ0n) is 13.7. The molecule has 4 nitrogen and oxygen atoms in total. The summed E-state index contributed by atoms with van der Waals surface area (Å²) in [5, 5.41) is 11.8. The second-order valence-electron chi connectivity index (χ2n) is 5.50. The Bertz CT molecular complexity index is 951. The Labute approximate surface area is 150 Å². The second kappa shape index (κ2) is 7.95. The molecule has 0 aliphatic rings. The van der Waals surface area contributed by atoms with Crippen molar-refractivity contribution in [2.24, 2.45) is 0 Å². The number of nitriles is 1. The normalized spacial score (nSPS) is 11.2. The molecular formula is C21H15FN2O2. The molecule has 0 saturated carbocycles. The fraction of sp³-hybridized carbons (Fsp3) is 0.0476. The summed E-state index contributed by atoms with van der Waals surface area (Å²) < 4.78 is 19.6. The molecule has 0 spiro atoms. The molecule has 3 aromatic carbocycles. The molecule has 1 N–H and O–H groups in total. The smallest absolute Gasteiger partial charge is 0.252 e. The van der Waals surface area contributed by atoms with Crippen LogP contribution in [0, 0.1) is 17.1 Å². The second-order valence-corrected chi connectivity index (χ2v) is 5.50. The van der Waals surface area contributed by atoms with E-state index in [2.05, 4.69) is 5.32 Å². The molecule has 3 rings (SSSR count). The zero-order chi connectivity index (χ0) is 18.4. The summed E-state index contributed by atoms with van der Waals surface area (Å²) in [6.45, 7) is 0. The Balaban J connectivity index is 1.76. The van der Waals surface area contributed by atoms with Crippen LogP contribution in [0.25, 0.3) is 0 Å². The van der Waals surface area contributed by atoms with Crippen LogP contribution in [0.5, 0.6) is 11.5 Å². The highest BCUT2D eigenvalue weighted by molar-refractivity contribution is 5.95. The van der Waals surface area contributed by atoms with E-state index in [9.17, 15) is 14.4 Å². The van der Waals surface area contributed by atoms with Gasteiger partial charge in [0.05, 0.1) is 6.07 Å². The molecule has 1 unspecified atom stereocenters. The summed E-state index contributed by atoms with van der Waals surface area (Å²) >= 11 is 0. The predicted molar refractivity (Wildman–Crippen MR) is 95.2 cm³/mol. The van der Waals surface area contributed by atoms with Gasteiger partial charge in [-0.2, -0.15) is 5.26 Å². The zero-order valence-corrected chi connectivity index (χ0v) is 13.7. The van der Waals surface area contributed by atoms with Gasteiger partial charge in [-0.1, -0.05) is 42.5 Å². The molecular weight excluding hydrogens is 331 g/mol. The highest BCUT2D eigenvalue weighted by atomic mass is 19.1. The molecule has 0 aliphatic heterocycles. The first-order valence-corrected chi connectivity index (χ1v) is 7.95. The standard InChI is InChI=1S/C21H15FN2O2/c22-19-12-5-4-11-18(19)20(14-23)24-21(25)15-7-6-10-17(13-15)26-16-8-2-1-3-9-16/h1-13,20H,(H,24,25). The lowest BCUT2D eigenvalue weighted by atomic mass is 10.1. The van der Waals surface area contributed by atoms with Crippen LogP contribution >= 0.6 is 0 Å². The summed E-state index contributed by atoms with van der Waals surface area (Å²) in [4.78, 5) is 12.5. The Kier molecular flexibility index (Phi) is 5.25. The lowest BCUT2D eigenvalue weighted by Gasteiger charge is -2.13. The SMILES string of the molecule is N#CC(NC(=O)c1cccc(Oc2ccccc2)c1)c1ccccc1F. The number of hydrogen-bond donors (Lipinski definition) is 1. The summed E-state index contributed by atoms with van der Waals surface area (Å²) in [7, 11) is 0. The number of carbonyl (C=O) groups is 1. The lowest BCUT2D eigenvalue weighted by molar-refractivity contribution is 0.0944.